The second kappa shape index (κ2) is 7.70. The van der Waals surface area contributed by atoms with Crippen LogP contribution < -0.4 is 21.0 Å². The Morgan fingerprint density at radius 2 is 1.74 bits per heavy atom. The molecule has 142 valence electrons. The van der Waals surface area contributed by atoms with Gasteiger partial charge in [0, 0.05) is 46.5 Å². The van der Waals surface area contributed by atoms with Crippen molar-refractivity contribution in [2.45, 2.75) is 25.8 Å². The molecule has 0 saturated carbocycles. The van der Waals surface area contributed by atoms with E-state index in [0.29, 0.717) is 12.4 Å². The van der Waals surface area contributed by atoms with Crippen molar-refractivity contribution in [3.63, 3.8) is 0 Å². The van der Waals surface area contributed by atoms with E-state index in [1.54, 1.807) is 7.05 Å². The van der Waals surface area contributed by atoms with Crippen molar-refractivity contribution in [3.05, 3.63) is 56.2 Å². The number of hydrogen-bond acceptors (Lipinski definition) is 5. The summed E-state index contributed by atoms with van der Waals surface area (Å²) in [5.41, 5.74) is 1.27. The van der Waals surface area contributed by atoms with Gasteiger partial charge < -0.3 is 9.80 Å². The summed E-state index contributed by atoms with van der Waals surface area (Å²) >= 11 is 0. The first kappa shape index (κ1) is 18.8. The van der Waals surface area contributed by atoms with Gasteiger partial charge >= 0.3 is 5.69 Å². The largest absolute Gasteiger partial charge is 0.371 e. The van der Waals surface area contributed by atoms with Crippen molar-refractivity contribution >= 4 is 11.5 Å². The first-order valence-corrected chi connectivity index (χ1v) is 9.19. The van der Waals surface area contributed by atoms with Crippen LogP contribution >= 0.6 is 0 Å². The monoisotopic (exact) mass is 367 g/mol. The molecule has 1 aliphatic rings. The Labute approximate surface area is 158 Å². The second-order valence-electron chi connectivity index (χ2n) is 7.05. The molecule has 1 aromatic heterocycles. The van der Waals surface area contributed by atoms with Crippen LogP contribution in [0.1, 0.15) is 30.4 Å². The summed E-state index contributed by atoms with van der Waals surface area (Å²) in [6, 6.07) is 10.2. The molecule has 1 aliphatic heterocycles. The lowest BCUT2D eigenvalue weighted by atomic mass is 10.1. The predicted octanol–water partition coefficient (Wildman–Crippen LogP) is 1.58. The number of nitriles is 1. The van der Waals surface area contributed by atoms with Gasteiger partial charge in [-0.15, -0.1) is 0 Å². The molecular weight excluding hydrogens is 342 g/mol. The van der Waals surface area contributed by atoms with Crippen LogP contribution in [-0.2, 0) is 20.6 Å². The molecule has 0 bridgehead atoms. The number of anilines is 2. The number of aromatic nitrogens is 2. The zero-order chi connectivity index (χ0) is 19.6. The Kier molecular flexibility index (Phi) is 5.36. The van der Waals surface area contributed by atoms with Gasteiger partial charge in [0.25, 0.3) is 5.56 Å². The molecule has 0 radical (unpaired) electrons. The summed E-state index contributed by atoms with van der Waals surface area (Å²) in [4.78, 5) is 28.9. The van der Waals surface area contributed by atoms with Gasteiger partial charge in [0.15, 0.2) is 5.56 Å². The van der Waals surface area contributed by atoms with Crippen LogP contribution in [0.2, 0.25) is 0 Å². The van der Waals surface area contributed by atoms with Gasteiger partial charge in [-0.25, -0.2) is 4.79 Å². The molecule has 2 aromatic rings. The van der Waals surface area contributed by atoms with Crippen molar-refractivity contribution in [1.29, 1.82) is 5.26 Å². The van der Waals surface area contributed by atoms with E-state index in [4.69, 9.17) is 0 Å². The summed E-state index contributed by atoms with van der Waals surface area (Å²) < 4.78 is 2.33. The van der Waals surface area contributed by atoms with Crippen molar-refractivity contribution in [3.8, 4) is 6.07 Å². The van der Waals surface area contributed by atoms with Gasteiger partial charge in [0.05, 0.1) is 0 Å². The van der Waals surface area contributed by atoms with E-state index in [0.717, 1.165) is 23.2 Å². The molecule has 7 heteroatoms. The third-order valence-electron chi connectivity index (χ3n) is 5.20. The van der Waals surface area contributed by atoms with E-state index in [1.165, 1.54) is 36.6 Å². The van der Waals surface area contributed by atoms with Gasteiger partial charge in [-0.3, -0.25) is 13.9 Å². The molecule has 2 heterocycles. The Bertz CT molecular complexity index is 993. The molecule has 0 atom stereocenters. The molecule has 0 N–H and O–H groups in total. The maximum Gasteiger partial charge on any atom is 0.332 e. The molecule has 0 amide bonds. The molecule has 27 heavy (non-hydrogen) atoms. The topological polar surface area (TPSA) is 74.3 Å². The minimum Gasteiger partial charge on any atom is -0.371 e. The van der Waals surface area contributed by atoms with E-state index in [1.807, 2.05) is 30.1 Å². The van der Waals surface area contributed by atoms with Gasteiger partial charge in [0.2, 0.25) is 0 Å². The summed E-state index contributed by atoms with van der Waals surface area (Å²) in [5, 5.41) is 9.50. The average molecular weight is 367 g/mol. The van der Waals surface area contributed by atoms with Crippen LogP contribution in [-0.4, -0.2) is 29.3 Å². The molecule has 0 unspecified atom stereocenters. The maximum atomic E-state index is 12.4. The third kappa shape index (κ3) is 3.47. The molecule has 0 aliphatic carbocycles. The highest BCUT2D eigenvalue weighted by molar-refractivity contribution is 5.58. The quantitative estimate of drug-likeness (QED) is 0.820. The smallest absolute Gasteiger partial charge is 0.332 e. The summed E-state index contributed by atoms with van der Waals surface area (Å²) in [6.07, 6.45) is 3.64. The van der Waals surface area contributed by atoms with Crippen LogP contribution in [0.15, 0.2) is 33.9 Å². The summed E-state index contributed by atoms with van der Waals surface area (Å²) in [6.45, 7) is 2.57. The Hall–Kier alpha value is -3.01. The third-order valence-corrected chi connectivity index (χ3v) is 5.20. The van der Waals surface area contributed by atoms with E-state index in [-0.39, 0.29) is 5.56 Å². The van der Waals surface area contributed by atoms with Crippen molar-refractivity contribution < 1.29 is 0 Å². The number of para-hydroxylation sites is 1. The molecule has 7 nitrogen and oxygen atoms in total. The molecular formula is C20H25N5O2. The van der Waals surface area contributed by atoms with E-state index in [9.17, 15) is 14.9 Å². The SMILES string of the molecule is CN(Cc1ccccc1N1CCCCC1)c1c(C#N)c(=O)n(C)c(=O)n1C. The number of piperidine rings is 1. The number of hydrogen-bond donors (Lipinski definition) is 0. The fraction of sp³-hybridized carbons (Fsp3) is 0.450. The minimum absolute atomic E-state index is 0.0162. The van der Waals surface area contributed by atoms with Gasteiger partial charge in [-0.05, 0) is 30.9 Å². The number of nitrogens with zero attached hydrogens (tertiary/aromatic N) is 5. The van der Waals surface area contributed by atoms with Gasteiger partial charge in [-0.1, -0.05) is 18.2 Å². The van der Waals surface area contributed by atoms with Crippen LogP contribution in [0.25, 0.3) is 0 Å². The molecule has 3 rings (SSSR count). The Morgan fingerprint density at radius 3 is 2.41 bits per heavy atom. The van der Waals surface area contributed by atoms with E-state index in [2.05, 4.69) is 17.0 Å². The van der Waals surface area contributed by atoms with E-state index >= 15 is 0 Å². The highest BCUT2D eigenvalue weighted by Crippen LogP contribution is 2.26. The van der Waals surface area contributed by atoms with Crippen LogP contribution in [0.5, 0.6) is 0 Å². The summed E-state index contributed by atoms with van der Waals surface area (Å²) in [5.74, 6) is 0.346. The normalized spacial score (nSPS) is 14.1. The average Bonchev–Trinajstić information content (AvgIpc) is 2.69. The molecule has 1 saturated heterocycles. The van der Waals surface area contributed by atoms with Crippen molar-refractivity contribution in [1.82, 2.24) is 9.13 Å². The zero-order valence-electron chi connectivity index (χ0n) is 16.1. The lowest BCUT2D eigenvalue weighted by molar-refractivity contribution is 0.576. The van der Waals surface area contributed by atoms with Crippen molar-refractivity contribution in [2.24, 2.45) is 14.1 Å². The Morgan fingerprint density at radius 1 is 1.07 bits per heavy atom. The van der Waals surface area contributed by atoms with E-state index < -0.39 is 11.2 Å². The zero-order valence-corrected chi connectivity index (χ0v) is 16.1. The fourth-order valence-corrected chi connectivity index (χ4v) is 3.80. The molecule has 1 aromatic carbocycles. The van der Waals surface area contributed by atoms with Gasteiger partial charge in [-0.2, -0.15) is 5.26 Å². The number of rotatable bonds is 4. The highest BCUT2D eigenvalue weighted by Gasteiger charge is 2.21. The predicted molar refractivity (Wildman–Crippen MR) is 106 cm³/mol. The lowest BCUT2D eigenvalue weighted by Gasteiger charge is -2.32. The minimum atomic E-state index is -0.563. The lowest BCUT2D eigenvalue weighted by Crippen LogP contribution is -2.41. The maximum absolute atomic E-state index is 12.4. The molecule has 0 spiro atoms. The van der Waals surface area contributed by atoms with Gasteiger partial charge in [0.1, 0.15) is 11.9 Å². The summed E-state index contributed by atoms with van der Waals surface area (Å²) in [7, 11) is 4.79. The second-order valence-corrected chi connectivity index (χ2v) is 7.05. The number of benzene rings is 1. The first-order valence-electron chi connectivity index (χ1n) is 9.19. The van der Waals surface area contributed by atoms with Crippen LogP contribution in [0, 0.1) is 11.3 Å². The fourth-order valence-electron chi connectivity index (χ4n) is 3.80. The highest BCUT2D eigenvalue weighted by atomic mass is 16.2. The van der Waals surface area contributed by atoms with Crippen LogP contribution in [0.4, 0.5) is 11.5 Å². The molecule has 1 fully saturated rings. The standard InChI is InChI=1S/C20H25N5O2/c1-22(18-16(13-21)19(26)24(3)20(27)23(18)2)14-15-9-5-6-10-17(15)25-11-7-4-8-12-25/h5-6,9-10H,4,7-8,11-12,14H2,1-3H3. The van der Waals surface area contributed by atoms with Crippen molar-refractivity contribution in [2.75, 3.05) is 29.9 Å². The Balaban J connectivity index is 2.01. The van der Waals surface area contributed by atoms with Crippen LogP contribution in [0.3, 0.4) is 0 Å². The first-order chi connectivity index (χ1) is 13.0.